The topological polar surface area (TPSA) is 32.8 Å². The number of rotatable bonds is 4. The zero-order valence-electron chi connectivity index (χ0n) is 14.9. The van der Waals surface area contributed by atoms with Gasteiger partial charge in [0.05, 0.1) is 13.1 Å². The highest BCUT2D eigenvalue weighted by atomic mass is 16.3. The molecule has 2 fully saturated rings. The first-order valence-corrected chi connectivity index (χ1v) is 9.16. The summed E-state index contributed by atoms with van der Waals surface area (Å²) in [5.74, 6) is 4.22. The Morgan fingerprint density at radius 2 is 1.42 bits per heavy atom. The molecule has 2 aromatic rings. The molecule has 4 rings (SSSR count). The number of hydrogen-bond donors (Lipinski definition) is 0. The molecular weight excluding hydrogens is 300 g/mol. The zero-order valence-corrected chi connectivity index (χ0v) is 14.9. The van der Waals surface area contributed by atoms with E-state index in [4.69, 9.17) is 8.83 Å². The van der Waals surface area contributed by atoms with Crippen LogP contribution in [0.2, 0.25) is 0 Å². The number of hydrogen-bond acceptors (Lipinski definition) is 4. The monoisotopic (exact) mass is 328 g/mol. The molecule has 0 unspecified atom stereocenters. The average molecular weight is 328 g/mol. The minimum atomic E-state index is 0.460. The summed E-state index contributed by atoms with van der Waals surface area (Å²) < 4.78 is 11.5. The third-order valence-electron chi connectivity index (χ3n) is 5.61. The fraction of sp³-hybridized carbons (Fsp3) is 0.600. The second kappa shape index (κ2) is 6.41. The summed E-state index contributed by atoms with van der Waals surface area (Å²) in [6.45, 7) is 10.7. The van der Waals surface area contributed by atoms with Crippen molar-refractivity contribution in [3.05, 3.63) is 47.3 Å². The molecule has 1 atom stereocenters. The summed E-state index contributed by atoms with van der Waals surface area (Å²) >= 11 is 0. The van der Waals surface area contributed by atoms with Crippen molar-refractivity contribution < 1.29 is 8.83 Å². The van der Waals surface area contributed by atoms with E-state index in [-0.39, 0.29) is 0 Å². The Kier molecular flexibility index (Phi) is 4.27. The molecule has 0 aliphatic carbocycles. The van der Waals surface area contributed by atoms with Crippen LogP contribution in [0.5, 0.6) is 0 Å². The second-order valence-electron chi connectivity index (χ2n) is 7.80. The molecule has 2 saturated heterocycles. The summed E-state index contributed by atoms with van der Waals surface area (Å²) in [6, 6.07) is 8.37. The Bertz CT molecular complexity index is 689. The maximum absolute atomic E-state index is 5.78. The Labute approximate surface area is 144 Å². The highest BCUT2D eigenvalue weighted by molar-refractivity contribution is 5.08. The lowest BCUT2D eigenvalue weighted by atomic mass is 9.79. The van der Waals surface area contributed by atoms with Crippen molar-refractivity contribution in [1.82, 2.24) is 9.80 Å². The molecule has 2 aliphatic heterocycles. The maximum atomic E-state index is 5.78. The number of piperidine rings is 1. The van der Waals surface area contributed by atoms with Crippen LogP contribution < -0.4 is 0 Å². The van der Waals surface area contributed by atoms with E-state index in [1.807, 2.05) is 13.8 Å². The molecule has 130 valence electrons. The summed E-state index contributed by atoms with van der Waals surface area (Å²) in [6.07, 6.45) is 3.96. The molecule has 4 heterocycles. The minimum absolute atomic E-state index is 0.460. The van der Waals surface area contributed by atoms with Crippen molar-refractivity contribution in [2.24, 2.45) is 5.41 Å². The van der Waals surface area contributed by atoms with E-state index in [0.717, 1.165) is 36.1 Å². The van der Waals surface area contributed by atoms with Crippen molar-refractivity contribution in [2.75, 3.05) is 26.2 Å². The van der Waals surface area contributed by atoms with Gasteiger partial charge in [-0.25, -0.2) is 0 Å². The number of aryl methyl sites for hydroxylation is 2. The molecule has 0 aromatic carbocycles. The third kappa shape index (κ3) is 3.45. The van der Waals surface area contributed by atoms with Crippen molar-refractivity contribution >= 4 is 0 Å². The maximum Gasteiger partial charge on any atom is 0.118 e. The molecule has 4 nitrogen and oxygen atoms in total. The Hall–Kier alpha value is -1.52. The lowest BCUT2D eigenvalue weighted by Crippen LogP contribution is -2.44. The van der Waals surface area contributed by atoms with Gasteiger partial charge in [-0.05, 0) is 75.9 Å². The molecule has 2 aliphatic rings. The van der Waals surface area contributed by atoms with Crippen molar-refractivity contribution in [2.45, 2.75) is 46.2 Å². The van der Waals surface area contributed by atoms with Crippen LogP contribution in [-0.2, 0) is 13.1 Å². The molecule has 0 N–H and O–H groups in total. The second-order valence-corrected chi connectivity index (χ2v) is 7.80. The molecule has 1 spiro atoms. The fourth-order valence-corrected chi connectivity index (χ4v) is 4.52. The normalized spacial score (nSPS) is 25.8. The molecular formula is C20H28N2O2. The van der Waals surface area contributed by atoms with Gasteiger partial charge in [0.15, 0.2) is 0 Å². The van der Waals surface area contributed by atoms with Gasteiger partial charge in [0, 0.05) is 13.1 Å². The molecule has 0 saturated carbocycles. The molecule has 0 radical (unpaired) electrons. The van der Waals surface area contributed by atoms with Crippen molar-refractivity contribution in [3.63, 3.8) is 0 Å². The average Bonchev–Trinajstić information content (AvgIpc) is 3.23. The van der Waals surface area contributed by atoms with Crippen LogP contribution in [0.15, 0.2) is 33.1 Å². The van der Waals surface area contributed by atoms with Gasteiger partial charge < -0.3 is 8.83 Å². The minimum Gasteiger partial charge on any atom is -0.465 e. The smallest absolute Gasteiger partial charge is 0.118 e. The van der Waals surface area contributed by atoms with Crippen LogP contribution in [0.25, 0.3) is 0 Å². The van der Waals surface area contributed by atoms with Gasteiger partial charge >= 0.3 is 0 Å². The van der Waals surface area contributed by atoms with E-state index >= 15 is 0 Å². The quantitative estimate of drug-likeness (QED) is 0.850. The lowest BCUT2D eigenvalue weighted by Gasteiger charge is -2.40. The van der Waals surface area contributed by atoms with Crippen LogP contribution in [0.4, 0.5) is 0 Å². The van der Waals surface area contributed by atoms with Crippen LogP contribution in [-0.4, -0.2) is 36.0 Å². The highest BCUT2D eigenvalue weighted by Gasteiger charge is 2.41. The summed E-state index contributed by atoms with van der Waals surface area (Å²) in [5, 5.41) is 0. The van der Waals surface area contributed by atoms with Crippen LogP contribution in [0.1, 0.15) is 42.3 Å². The summed E-state index contributed by atoms with van der Waals surface area (Å²) in [7, 11) is 0. The largest absolute Gasteiger partial charge is 0.465 e. The van der Waals surface area contributed by atoms with Crippen molar-refractivity contribution in [1.29, 1.82) is 0 Å². The Balaban J connectivity index is 1.36. The molecule has 24 heavy (non-hydrogen) atoms. The van der Waals surface area contributed by atoms with E-state index in [9.17, 15) is 0 Å². The number of furan rings is 2. The SMILES string of the molecule is Cc1ccc(CN2CCC[C@@]3(CCN(Cc4ccc(C)o4)C3)C2)o1. The Morgan fingerprint density at radius 1 is 0.833 bits per heavy atom. The molecule has 4 heteroatoms. The highest BCUT2D eigenvalue weighted by Crippen LogP contribution is 2.39. The predicted octanol–water partition coefficient (Wildman–Crippen LogP) is 3.98. The summed E-state index contributed by atoms with van der Waals surface area (Å²) in [4.78, 5) is 5.15. The molecule has 0 amide bonds. The Morgan fingerprint density at radius 3 is 1.96 bits per heavy atom. The van der Waals surface area contributed by atoms with E-state index in [0.29, 0.717) is 5.41 Å². The first-order valence-electron chi connectivity index (χ1n) is 9.16. The van der Waals surface area contributed by atoms with Crippen LogP contribution in [0, 0.1) is 19.3 Å². The van der Waals surface area contributed by atoms with Crippen molar-refractivity contribution in [3.8, 4) is 0 Å². The first kappa shape index (κ1) is 16.0. The molecule has 0 bridgehead atoms. The zero-order chi connectivity index (χ0) is 16.6. The first-order chi connectivity index (χ1) is 11.6. The van der Waals surface area contributed by atoms with Gasteiger partial charge in [-0.1, -0.05) is 0 Å². The number of nitrogens with zero attached hydrogens (tertiary/aromatic N) is 2. The predicted molar refractivity (Wildman–Crippen MR) is 93.7 cm³/mol. The van der Waals surface area contributed by atoms with Gasteiger partial charge in [-0.2, -0.15) is 0 Å². The van der Waals surface area contributed by atoms with Gasteiger partial charge in [0.25, 0.3) is 0 Å². The van der Waals surface area contributed by atoms with E-state index in [2.05, 4.69) is 34.1 Å². The third-order valence-corrected chi connectivity index (χ3v) is 5.61. The van der Waals surface area contributed by atoms with Crippen LogP contribution >= 0.6 is 0 Å². The molecule has 2 aromatic heterocycles. The van der Waals surface area contributed by atoms with Gasteiger partial charge in [-0.3, -0.25) is 9.80 Å². The van der Waals surface area contributed by atoms with Gasteiger partial charge in [0.1, 0.15) is 23.0 Å². The fourth-order valence-electron chi connectivity index (χ4n) is 4.52. The van der Waals surface area contributed by atoms with E-state index in [1.54, 1.807) is 0 Å². The standard InChI is InChI=1S/C20H28N2O2/c1-16-4-6-18(23-16)12-21-10-3-8-20(14-21)9-11-22(15-20)13-19-7-5-17(2)24-19/h4-7H,3,8-15H2,1-2H3/t20-/m1/s1. The van der Waals surface area contributed by atoms with E-state index in [1.165, 1.54) is 45.4 Å². The summed E-state index contributed by atoms with van der Waals surface area (Å²) in [5.41, 5.74) is 0.460. The van der Waals surface area contributed by atoms with Crippen LogP contribution in [0.3, 0.4) is 0 Å². The van der Waals surface area contributed by atoms with Gasteiger partial charge in [0.2, 0.25) is 0 Å². The lowest BCUT2D eigenvalue weighted by molar-refractivity contribution is 0.0806. The van der Waals surface area contributed by atoms with E-state index < -0.39 is 0 Å². The van der Waals surface area contributed by atoms with Gasteiger partial charge in [-0.15, -0.1) is 0 Å². The number of likely N-dealkylation sites (tertiary alicyclic amines) is 2.